The molecule has 3 aromatic carbocycles. The van der Waals surface area contributed by atoms with Crippen LogP contribution in [-0.4, -0.2) is 25.5 Å². The lowest BCUT2D eigenvalue weighted by Gasteiger charge is -2.12. The van der Waals surface area contributed by atoms with Crippen LogP contribution >= 0.6 is 0 Å². The van der Waals surface area contributed by atoms with Gasteiger partial charge < -0.3 is 14.2 Å². The standard InChI is InChI=1S/C30H34O5/c1-4-5-6-7-8-9-20-34-27-19-16-25(21-28(27)33-3)30(32)35-26-17-14-24(15-18-26)29(31)23-12-10-22(2)11-13-23/h10-19,21H,4-9,20H2,1-3H3. The molecule has 0 atom stereocenters. The highest BCUT2D eigenvalue weighted by atomic mass is 16.5. The van der Waals surface area contributed by atoms with Gasteiger partial charge in [-0.25, -0.2) is 4.79 Å². The van der Waals surface area contributed by atoms with E-state index in [1.54, 1.807) is 61.7 Å². The van der Waals surface area contributed by atoms with Crippen molar-refractivity contribution in [1.29, 1.82) is 0 Å². The summed E-state index contributed by atoms with van der Waals surface area (Å²) in [5, 5.41) is 0. The molecule has 0 aliphatic heterocycles. The molecule has 5 nitrogen and oxygen atoms in total. The second-order valence-electron chi connectivity index (χ2n) is 8.59. The molecule has 0 aliphatic carbocycles. The van der Waals surface area contributed by atoms with Crippen LogP contribution in [0.5, 0.6) is 17.2 Å². The molecular weight excluding hydrogens is 440 g/mol. The highest BCUT2D eigenvalue weighted by molar-refractivity contribution is 6.09. The van der Waals surface area contributed by atoms with Crippen LogP contribution in [0.25, 0.3) is 0 Å². The summed E-state index contributed by atoms with van der Waals surface area (Å²) >= 11 is 0. The largest absolute Gasteiger partial charge is 0.493 e. The minimum atomic E-state index is -0.511. The van der Waals surface area contributed by atoms with Gasteiger partial charge in [0.05, 0.1) is 19.3 Å². The first-order valence-corrected chi connectivity index (χ1v) is 12.3. The number of carbonyl (C=O) groups is 2. The van der Waals surface area contributed by atoms with E-state index in [0.717, 1.165) is 18.4 Å². The van der Waals surface area contributed by atoms with Crippen molar-refractivity contribution in [3.63, 3.8) is 0 Å². The van der Waals surface area contributed by atoms with Gasteiger partial charge in [0, 0.05) is 11.1 Å². The Morgan fingerprint density at radius 3 is 1.97 bits per heavy atom. The molecule has 0 heterocycles. The summed E-state index contributed by atoms with van der Waals surface area (Å²) in [6.45, 7) is 4.80. The van der Waals surface area contributed by atoms with E-state index in [2.05, 4.69) is 6.92 Å². The molecule has 3 rings (SSSR count). The van der Waals surface area contributed by atoms with Crippen molar-refractivity contribution in [2.75, 3.05) is 13.7 Å². The van der Waals surface area contributed by atoms with Crippen LogP contribution in [0.1, 0.15) is 77.3 Å². The Morgan fingerprint density at radius 2 is 1.31 bits per heavy atom. The summed E-state index contributed by atoms with van der Waals surface area (Å²) in [7, 11) is 1.55. The number of esters is 1. The summed E-state index contributed by atoms with van der Waals surface area (Å²) in [4.78, 5) is 25.3. The van der Waals surface area contributed by atoms with E-state index in [0.29, 0.717) is 40.5 Å². The number of hydrogen-bond acceptors (Lipinski definition) is 5. The molecule has 0 fully saturated rings. The fraction of sp³-hybridized carbons (Fsp3) is 0.333. The van der Waals surface area contributed by atoms with Crippen molar-refractivity contribution in [1.82, 2.24) is 0 Å². The first-order chi connectivity index (χ1) is 17.0. The van der Waals surface area contributed by atoms with E-state index < -0.39 is 5.97 Å². The monoisotopic (exact) mass is 474 g/mol. The van der Waals surface area contributed by atoms with Gasteiger partial charge in [-0.15, -0.1) is 0 Å². The third-order valence-electron chi connectivity index (χ3n) is 5.80. The maximum Gasteiger partial charge on any atom is 0.343 e. The van der Waals surface area contributed by atoms with Crippen molar-refractivity contribution >= 4 is 11.8 Å². The average Bonchev–Trinajstić information content (AvgIpc) is 2.88. The molecule has 35 heavy (non-hydrogen) atoms. The maximum atomic E-state index is 12.7. The Bertz CT molecular complexity index is 1100. The fourth-order valence-corrected chi connectivity index (χ4v) is 3.69. The molecule has 0 aromatic heterocycles. The van der Waals surface area contributed by atoms with Crippen molar-refractivity contribution < 1.29 is 23.8 Å². The van der Waals surface area contributed by atoms with E-state index in [4.69, 9.17) is 14.2 Å². The van der Waals surface area contributed by atoms with Crippen LogP contribution in [0.4, 0.5) is 0 Å². The Kier molecular flexibility index (Phi) is 9.91. The van der Waals surface area contributed by atoms with Crippen molar-refractivity contribution in [3.8, 4) is 17.2 Å². The number of carbonyl (C=O) groups excluding carboxylic acids is 2. The average molecular weight is 475 g/mol. The second-order valence-corrected chi connectivity index (χ2v) is 8.59. The summed E-state index contributed by atoms with van der Waals surface area (Å²) in [6.07, 6.45) is 7.13. The van der Waals surface area contributed by atoms with Gasteiger partial charge in [-0.05, 0) is 55.8 Å². The molecule has 0 unspecified atom stereocenters. The number of ketones is 1. The number of rotatable bonds is 13. The Morgan fingerprint density at radius 1 is 0.714 bits per heavy atom. The van der Waals surface area contributed by atoms with Gasteiger partial charge in [-0.2, -0.15) is 0 Å². The number of benzene rings is 3. The summed E-state index contributed by atoms with van der Waals surface area (Å²) in [6, 6.07) is 19.0. The van der Waals surface area contributed by atoms with E-state index >= 15 is 0 Å². The summed E-state index contributed by atoms with van der Waals surface area (Å²) in [5.41, 5.74) is 2.60. The topological polar surface area (TPSA) is 61.8 Å². The van der Waals surface area contributed by atoms with Crippen LogP contribution in [0, 0.1) is 6.92 Å². The molecule has 0 radical (unpaired) electrons. The SMILES string of the molecule is CCCCCCCCOc1ccc(C(=O)Oc2ccc(C(=O)c3ccc(C)cc3)cc2)cc1OC. The molecule has 0 saturated carbocycles. The van der Waals surface area contributed by atoms with E-state index in [9.17, 15) is 9.59 Å². The Balaban J connectivity index is 1.56. The highest BCUT2D eigenvalue weighted by Gasteiger charge is 2.14. The predicted molar refractivity (Wildman–Crippen MR) is 138 cm³/mol. The van der Waals surface area contributed by atoms with Crippen LogP contribution < -0.4 is 14.2 Å². The molecule has 0 bridgehead atoms. The first kappa shape index (κ1) is 26.0. The van der Waals surface area contributed by atoms with Crippen molar-refractivity contribution in [3.05, 3.63) is 89.0 Å². The van der Waals surface area contributed by atoms with Crippen LogP contribution in [-0.2, 0) is 0 Å². The lowest BCUT2D eigenvalue weighted by atomic mass is 10.0. The number of aryl methyl sites for hydroxylation is 1. The normalized spacial score (nSPS) is 10.6. The molecule has 0 N–H and O–H groups in total. The third-order valence-corrected chi connectivity index (χ3v) is 5.80. The van der Waals surface area contributed by atoms with Gasteiger partial charge in [-0.1, -0.05) is 68.9 Å². The zero-order valence-corrected chi connectivity index (χ0v) is 20.8. The lowest BCUT2D eigenvalue weighted by molar-refractivity contribution is 0.0734. The van der Waals surface area contributed by atoms with Gasteiger partial charge in [0.15, 0.2) is 17.3 Å². The first-order valence-electron chi connectivity index (χ1n) is 12.3. The number of unbranched alkanes of at least 4 members (excludes halogenated alkanes) is 5. The summed E-state index contributed by atoms with van der Waals surface area (Å²) in [5.74, 6) is 0.867. The fourth-order valence-electron chi connectivity index (χ4n) is 3.69. The quantitative estimate of drug-likeness (QED) is 0.113. The van der Waals surface area contributed by atoms with Gasteiger partial charge >= 0.3 is 5.97 Å². The van der Waals surface area contributed by atoms with Gasteiger partial charge in [0.2, 0.25) is 0 Å². The van der Waals surface area contributed by atoms with Gasteiger partial charge in [-0.3, -0.25) is 4.79 Å². The predicted octanol–water partition coefficient (Wildman–Crippen LogP) is 7.19. The molecule has 0 spiro atoms. The maximum absolute atomic E-state index is 12.7. The zero-order valence-electron chi connectivity index (χ0n) is 20.8. The molecule has 0 saturated heterocycles. The highest BCUT2D eigenvalue weighted by Crippen LogP contribution is 2.29. The number of ether oxygens (including phenoxy) is 3. The number of methoxy groups -OCH3 is 1. The van der Waals surface area contributed by atoms with Crippen LogP contribution in [0.3, 0.4) is 0 Å². The smallest absolute Gasteiger partial charge is 0.343 e. The molecule has 0 aliphatic rings. The molecule has 5 heteroatoms. The van der Waals surface area contributed by atoms with Gasteiger partial charge in [0.25, 0.3) is 0 Å². The van der Waals surface area contributed by atoms with Crippen LogP contribution in [0.2, 0.25) is 0 Å². The Hall–Kier alpha value is -3.60. The molecule has 0 amide bonds. The van der Waals surface area contributed by atoms with E-state index in [-0.39, 0.29) is 5.78 Å². The zero-order chi connectivity index (χ0) is 25.0. The summed E-state index contributed by atoms with van der Waals surface area (Å²) < 4.78 is 16.8. The van der Waals surface area contributed by atoms with Crippen LogP contribution in [0.15, 0.2) is 66.7 Å². The minimum absolute atomic E-state index is 0.0795. The molecule has 3 aromatic rings. The second kappa shape index (κ2) is 13.3. The van der Waals surface area contributed by atoms with Gasteiger partial charge in [0.1, 0.15) is 5.75 Å². The third kappa shape index (κ3) is 7.71. The van der Waals surface area contributed by atoms with Crippen molar-refractivity contribution in [2.24, 2.45) is 0 Å². The Labute approximate surface area is 208 Å². The van der Waals surface area contributed by atoms with E-state index in [1.165, 1.54) is 25.7 Å². The molecular formula is C30H34O5. The van der Waals surface area contributed by atoms with E-state index in [1.807, 2.05) is 19.1 Å². The van der Waals surface area contributed by atoms with Crippen molar-refractivity contribution in [2.45, 2.75) is 52.4 Å². The lowest BCUT2D eigenvalue weighted by Crippen LogP contribution is -2.09. The molecule has 184 valence electrons. The number of hydrogen-bond donors (Lipinski definition) is 0. The minimum Gasteiger partial charge on any atom is -0.493 e.